The van der Waals surface area contributed by atoms with Crippen molar-refractivity contribution in [3.63, 3.8) is 0 Å². The zero-order valence-electron chi connectivity index (χ0n) is 11.7. The van der Waals surface area contributed by atoms with Gasteiger partial charge in [0.2, 0.25) is 0 Å². The predicted octanol–water partition coefficient (Wildman–Crippen LogP) is 2.88. The molecular weight excluding hydrogens is 309 g/mol. The van der Waals surface area contributed by atoms with Crippen LogP contribution in [0.5, 0.6) is 0 Å². The van der Waals surface area contributed by atoms with Crippen LogP contribution in [0.1, 0.15) is 41.3 Å². The molecule has 0 aromatic heterocycles. The van der Waals surface area contributed by atoms with E-state index in [2.05, 4.69) is 4.99 Å². The number of halogens is 5. The van der Waals surface area contributed by atoms with Gasteiger partial charge in [-0.1, -0.05) is 19.9 Å². The van der Waals surface area contributed by atoms with Crippen LogP contribution < -0.4 is 11.5 Å². The normalized spacial score (nSPS) is 12.4. The summed E-state index contributed by atoms with van der Waals surface area (Å²) in [5.74, 6) is -7.42. The van der Waals surface area contributed by atoms with Crippen LogP contribution in [0.3, 0.4) is 0 Å². The maximum Gasteiger partial charge on any atom is 0.458 e. The fourth-order valence-electron chi connectivity index (χ4n) is 1.80. The minimum atomic E-state index is -5.78. The summed E-state index contributed by atoms with van der Waals surface area (Å²) in [7, 11) is 0. The van der Waals surface area contributed by atoms with Gasteiger partial charge in [-0.3, -0.25) is 4.79 Å². The molecule has 0 aliphatic heterocycles. The number of hydrogen-bond acceptors (Lipinski definition) is 1. The first-order valence-corrected chi connectivity index (χ1v) is 6.11. The summed E-state index contributed by atoms with van der Waals surface area (Å²) in [6, 6.07) is 2.60. The summed E-state index contributed by atoms with van der Waals surface area (Å²) in [6.07, 6.45) is -5.78. The first-order valence-electron chi connectivity index (χ1n) is 6.11. The second-order valence-electron chi connectivity index (χ2n) is 4.87. The van der Waals surface area contributed by atoms with Gasteiger partial charge in [0, 0.05) is 11.1 Å². The Morgan fingerprint density at radius 1 is 1.14 bits per heavy atom. The van der Waals surface area contributed by atoms with Crippen LogP contribution in [0.4, 0.5) is 22.0 Å². The summed E-state index contributed by atoms with van der Waals surface area (Å²) in [6.45, 7) is 2.92. The van der Waals surface area contributed by atoms with Crippen molar-refractivity contribution in [2.45, 2.75) is 31.9 Å². The van der Waals surface area contributed by atoms with Crippen molar-refractivity contribution in [1.29, 1.82) is 0 Å². The molecule has 1 rings (SSSR count). The standard InChI is InChI=1S/C13H14F5N3O/c1-6(2)8-4-3-7(10(22)21-11(19)20)5-9(8)12(14,15)13(16,17)18/h3-6H,1-2H3,(H4,19,20,21,22). The molecule has 122 valence electrons. The highest BCUT2D eigenvalue weighted by molar-refractivity contribution is 6.02. The maximum absolute atomic E-state index is 13.7. The van der Waals surface area contributed by atoms with Crippen LogP contribution in [-0.4, -0.2) is 18.0 Å². The minimum absolute atomic E-state index is 0.219. The van der Waals surface area contributed by atoms with Crippen molar-refractivity contribution in [1.82, 2.24) is 0 Å². The quantitative estimate of drug-likeness (QED) is 0.510. The first kappa shape index (κ1) is 17.9. The lowest BCUT2D eigenvalue weighted by Crippen LogP contribution is -2.35. The van der Waals surface area contributed by atoms with E-state index in [9.17, 15) is 26.7 Å². The molecule has 1 aromatic rings. The van der Waals surface area contributed by atoms with Gasteiger partial charge in [0.1, 0.15) is 0 Å². The monoisotopic (exact) mass is 323 g/mol. The van der Waals surface area contributed by atoms with E-state index in [1.165, 1.54) is 13.8 Å². The van der Waals surface area contributed by atoms with Gasteiger partial charge in [0.05, 0.1) is 0 Å². The third-order valence-corrected chi connectivity index (χ3v) is 2.85. The Labute approximate surface area is 123 Å². The fourth-order valence-corrected chi connectivity index (χ4v) is 1.80. The van der Waals surface area contributed by atoms with Gasteiger partial charge in [0.15, 0.2) is 5.96 Å². The van der Waals surface area contributed by atoms with Crippen LogP contribution in [0, 0.1) is 0 Å². The molecule has 0 saturated heterocycles. The highest BCUT2D eigenvalue weighted by Gasteiger charge is 2.59. The molecule has 0 heterocycles. The number of carbonyl (C=O) groups excluding carboxylic acids is 1. The Morgan fingerprint density at radius 3 is 2.09 bits per heavy atom. The van der Waals surface area contributed by atoms with Gasteiger partial charge in [-0.15, -0.1) is 0 Å². The van der Waals surface area contributed by atoms with E-state index in [-0.39, 0.29) is 5.56 Å². The fraction of sp³-hybridized carbons (Fsp3) is 0.385. The number of hydrogen-bond donors (Lipinski definition) is 2. The molecule has 1 aromatic carbocycles. The highest BCUT2D eigenvalue weighted by Crippen LogP contribution is 2.46. The topological polar surface area (TPSA) is 81.5 Å². The molecule has 0 aliphatic rings. The summed E-state index contributed by atoms with van der Waals surface area (Å²) in [4.78, 5) is 14.7. The van der Waals surface area contributed by atoms with Crippen molar-refractivity contribution in [2.24, 2.45) is 16.5 Å². The Balaban J connectivity index is 3.53. The molecule has 4 N–H and O–H groups in total. The van der Waals surface area contributed by atoms with Crippen LogP contribution >= 0.6 is 0 Å². The molecule has 0 saturated carbocycles. The van der Waals surface area contributed by atoms with Gasteiger partial charge in [-0.05, 0) is 23.6 Å². The van der Waals surface area contributed by atoms with Gasteiger partial charge < -0.3 is 11.5 Å². The van der Waals surface area contributed by atoms with E-state index in [0.717, 1.165) is 12.1 Å². The number of alkyl halides is 5. The Bertz CT molecular complexity index is 604. The third kappa shape index (κ3) is 3.52. The zero-order valence-corrected chi connectivity index (χ0v) is 11.7. The number of nitrogens with zero attached hydrogens (tertiary/aromatic N) is 1. The number of aliphatic imine (C=N–C) groups is 1. The smallest absolute Gasteiger partial charge is 0.370 e. The number of rotatable bonds is 3. The van der Waals surface area contributed by atoms with Crippen molar-refractivity contribution < 1.29 is 26.7 Å². The molecule has 0 fully saturated rings. The largest absolute Gasteiger partial charge is 0.458 e. The van der Waals surface area contributed by atoms with Gasteiger partial charge in [0.25, 0.3) is 5.91 Å². The first-order chi connectivity index (χ1) is 9.87. The zero-order chi connectivity index (χ0) is 17.3. The number of guanidine groups is 1. The lowest BCUT2D eigenvalue weighted by molar-refractivity contribution is -0.289. The van der Waals surface area contributed by atoms with Crippen LogP contribution in [0.15, 0.2) is 23.2 Å². The summed E-state index contributed by atoms with van der Waals surface area (Å²) in [5, 5.41) is 0. The summed E-state index contributed by atoms with van der Waals surface area (Å²) >= 11 is 0. The average molecular weight is 323 g/mol. The number of nitrogens with two attached hydrogens (primary N) is 2. The Hall–Kier alpha value is -2.19. The third-order valence-electron chi connectivity index (χ3n) is 2.85. The van der Waals surface area contributed by atoms with E-state index >= 15 is 0 Å². The second-order valence-corrected chi connectivity index (χ2v) is 4.87. The van der Waals surface area contributed by atoms with Crippen LogP contribution in [0.25, 0.3) is 0 Å². The lowest BCUT2D eigenvalue weighted by atomic mass is 9.91. The lowest BCUT2D eigenvalue weighted by Gasteiger charge is -2.24. The summed E-state index contributed by atoms with van der Waals surface area (Å²) < 4.78 is 65.1. The molecular formula is C13H14F5N3O. The number of amides is 1. The highest BCUT2D eigenvalue weighted by atomic mass is 19.4. The molecule has 0 bridgehead atoms. The molecule has 0 spiro atoms. The van der Waals surface area contributed by atoms with E-state index < -0.39 is 41.0 Å². The van der Waals surface area contributed by atoms with Crippen molar-refractivity contribution >= 4 is 11.9 Å². The van der Waals surface area contributed by atoms with Crippen LogP contribution in [-0.2, 0) is 5.92 Å². The molecule has 9 heteroatoms. The Morgan fingerprint density at radius 2 is 1.68 bits per heavy atom. The molecule has 22 heavy (non-hydrogen) atoms. The molecule has 1 amide bonds. The molecule has 0 unspecified atom stereocenters. The second kappa shape index (κ2) is 5.90. The van der Waals surface area contributed by atoms with Crippen molar-refractivity contribution in [3.8, 4) is 0 Å². The van der Waals surface area contributed by atoms with E-state index in [1.807, 2.05) is 0 Å². The minimum Gasteiger partial charge on any atom is -0.370 e. The SMILES string of the molecule is CC(C)c1ccc(C(=O)N=C(N)N)cc1C(F)(F)C(F)(F)F. The molecule has 0 aliphatic carbocycles. The predicted molar refractivity (Wildman–Crippen MR) is 70.6 cm³/mol. The number of carbonyl (C=O) groups is 1. The molecule has 4 nitrogen and oxygen atoms in total. The van der Waals surface area contributed by atoms with E-state index in [0.29, 0.717) is 6.07 Å². The Kier molecular flexibility index (Phi) is 4.79. The van der Waals surface area contributed by atoms with Gasteiger partial charge in [-0.25, -0.2) is 0 Å². The van der Waals surface area contributed by atoms with Crippen molar-refractivity contribution in [3.05, 3.63) is 34.9 Å². The molecule has 0 radical (unpaired) electrons. The van der Waals surface area contributed by atoms with Crippen LogP contribution in [0.2, 0.25) is 0 Å². The van der Waals surface area contributed by atoms with Gasteiger partial charge in [-0.2, -0.15) is 26.9 Å². The maximum atomic E-state index is 13.7. The van der Waals surface area contributed by atoms with E-state index in [1.54, 1.807) is 0 Å². The van der Waals surface area contributed by atoms with Gasteiger partial charge >= 0.3 is 12.1 Å². The molecule has 0 atom stereocenters. The average Bonchev–Trinajstić information content (AvgIpc) is 2.35. The summed E-state index contributed by atoms with van der Waals surface area (Å²) in [5.41, 5.74) is 8.00. The number of benzene rings is 1. The van der Waals surface area contributed by atoms with Crippen molar-refractivity contribution in [2.75, 3.05) is 0 Å². The van der Waals surface area contributed by atoms with E-state index in [4.69, 9.17) is 11.5 Å².